The molecule has 0 atom stereocenters. The lowest BCUT2D eigenvalue weighted by atomic mass is 9.89. The topological polar surface area (TPSA) is 53.9 Å². The van der Waals surface area contributed by atoms with Gasteiger partial charge in [-0.05, 0) is 68.7 Å². The molecule has 28 heavy (non-hydrogen) atoms. The first-order valence-electron chi connectivity index (χ1n) is 9.28. The van der Waals surface area contributed by atoms with E-state index in [2.05, 4.69) is 61.5 Å². The highest BCUT2D eigenvalue weighted by Gasteiger charge is 2.28. The number of likely N-dealkylation sites (N-methyl/N-ethyl adjacent to an activating group) is 1. The first-order valence-corrected chi connectivity index (χ1v) is 9.28. The van der Waals surface area contributed by atoms with Gasteiger partial charge in [0.1, 0.15) is 5.75 Å². The number of aryl methyl sites for hydroxylation is 1. The molecule has 0 bridgehead atoms. The smallest absolute Gasteiger partial charge is 0.275 e. The Hall–Kier alpha value is -3.08. The Morgan fingerprint density at radius 1 is 1.18 bits per heavy atom. The number of fused-ring (bicyclic) bond motifs is 1. The number of nitrogens with zero attached hydrogens (tertiary/aromatic N) is 2. The number of benzene rings is 2. The van der Waals surface area contributed by atoms with Crippen molar-refractivity contribution in [3.8, 4) is 5.75 Å². The molecule has 0 aliphatic carbocycles. The second kappa shape index (κ2) is 7.50. The summed E-state index contributed by atoms with van der Waals surface area (Å²) in [5, 5.41) is 4.12. The van der Waals surface area contributed by atoms with Gasteiger partial charge in [-0.25, -0.2) is 5.43 Å². The van der Waals surface area contributed by atoms with Crippen molar-refractivity contribution in [2.75, 3.05) is 19.1 Å². The van der Waals surface area contributed by atoms with Gasteiger partial charge in [0.05, 0.1) is 24.4 Å². The first kappa shape index (κ1) is 19.7. The number of hydrogen-bond acceptors (Lipinski definition) is 4. The molecule has 0 saturated carbocycles. The molecule has 1 amide bonds. The van der Waals surface area contributed by atoms with Gasteiger partial charge in [-0.15, -0.1) is 0 Å². The average molecular weight is 377 g/mol. The Bertz CT molecular complexity index is 974. The lowest BCUT2D eigenvalue weighted by molar-refractivity contribution is 0.0952. The molecule has 0 spiro atoms. The minimum atomic E-state index is -0.302. The van der Waals surface area contributed by atoms with Gasteiger partial charge in [-0.2, -0.15) is 5.10 Å². The third-order valence-electron chi connectivity index (χ3n) is 5.22. The molecule has 1 aliphatic rings. The molecular formula is C23H27N3O2. The Morgan fingerprint density at radius 3 is 2.64 bits per heavy atom. The lowest BCUT2D eigenvalue weighted by Crippen LogP contribution is -2.42. The molecule has 3 rings (SSSR count). The molecule has 0 unspecified atom stereocenters. The van der Waals surface area contributed by atoms with Crippen molar-refractivity contribution >= 4 is 23.4 Å². The number of rotatable bonds is 4. The fraction of sp³-hybridized carbons (Fsp3) is 0.304. The molecule has 2 aromatic rings. The largest absolute Gasteiger partial charge is 0.496 e. The minimum absolute atomic E-state index is 0.0201. The quantitative estimate of drug-likeness (QED) is 0.635. The van der Waals surface area contributed by atoms with Gasteiger partial charge in [-0.3, -0.25) is 4.79 Å². The number of anilines is 1. The standard InChI is InChI=1S/C23H27N3O2/c1-15-7-9-18(21(11-15)28-6)22(27)25-24-14-17-8-10-20-19(12-17)16(2)13-23(3,4)26(20)5/h7-14H,1-6H3,(H,25,27)/b24-14+. The van der Waals surface area contributed by atoms with Gasteiger partial charge < -0.3 is 9.64 Å². The first-order chi connectivity index (χ1) is 13.2. The van der Waals surface area contributed by atoms with Crippen LogP contribution in [-0.4, -0.2) is 31.8 Å². The third-order valence-corrected chi connectivity index (χ3v) is 5.22. The number of amides is 1. The number of carbonyl (C=O) groups excluding carboxylic acids is 1. The van der Waals surface area contributed by atoms with Gasteiger partial charge >= 0.3 is 0 Å². The van der Waals surface area contributed by atoms with Crippen LogP contribution in [0.1, 0.15) is 47.8 Å². The van der Waals surface area contributed by atoms with E-state index in [4.69, 9.17) is 4.74 Å². The van der Waals surface area contributed by atoms with E-state index in [-0.39, 0.29) is 11.4 Å². The molecule has 1 N–H and O–H groups in total. The number of hydrazone groups is 1. The molecule has 2 aromatic carbocycles. The summed E-state index contributed by atoms with van der Waals surface area (Å²) in [6.07, 6.45) is 3.92. The molecule has 1 aliphatic heterocycles. The van der Waals surface area contributed by atoms with Crippen LogP contribution >= 0.6 is 0 Å². The highest BCUT2D eigenvalue weighted by molar-refractivity contribution is 5.97. The summed E-state index contributed by atoms with van der Waals surface area (Å²) < 4.78 is 5.29. The number of nitrogens with one attached hydrogen (secondary N) is 1. The van der Waals surface area contributed by atoms with Crippen LogP contribution in [0.3, 0.4) is 0 Å². The van der Waals surface area contributed by atoms with E-state index in [1.54, 1.807) is 19.4 Å². The second-order valence-corrected chi connectivity index (χ2v) is 7.72. The Balaban J connectivity index is 1.78. The SMILES string of the molecule is COc1cc(C)ccc1C(=O)N/N=C/c1ccc2c(c1)C(C)=CC(C)(C)N2C. The van der Waals surface area contributed by atoms with Crippen LogP contribution in [0.25, 0.3) is 5.57 Å². The normalized spacial score (nSPS) is 15.2. The number of allylic oxidation sites excluding steroid dienone is 1. The summed E-state index contributed by atoms with van der Waals surface area (Å²) >= 11 is 0. The third kappa shape index (κ3) is 3.79. The minimum Gasteiger partial charge on any atom is -0.496 e. The highest BCUT2D eigenvalue weighted by Crippen LogP contribution is 2.37. The van der Waals surface area contributed by atoms with Crippen molar-refractivity contribution in [2.45, 2.75) is 33.2 Å². The fourth-order valence-corrected chi connectivity index (χ4v) is 3.47. The maximum Gasteiger partial charge on any atom is 0.275 e. The van der Waals surface area contributed by atoms with E-state index >= 15 is 0 Å². The van der Waals surface area contributed by atoms with E-state index in [0.717, 1.165) is 11.1 Å². The van der Waals surface area contributed by atoms with Crippen LogP contribution < -0.4 is 15.1 Å². The zero-order valence-electron chi connectivity index (χ0n) is 17.3. The van der Waals surface area contributed by atoms with E-state index in [1.807, 2.05) is 25.1 Å². The molecule has 146 valence electrons. The van der Waals surface area contributed by atoms with E-state index in [0.29, 0.717) is 11.3 Å². The van der Waals surface area contributed by atoms with Crippen LogP contribution in [-0.2, 0) is 0 Å². The molecule has 0 radical (unpaired) electrons. The van der Waals surface area contributed by atoms with Crippen LogP contribution in [0, 0.1) is 6.92 Å². The molecule has 0 saturated heterocycles. The van der Waals surface area contributed by atoms with Gasteiger partial charge in [0.25, 0.3) is 5.91 Å². The van der Waals surface area contributed by atoms with Crippen molar-refractivity contribution in [3.63, 3.8) is 0 Å². The van der Waals surface area contributed by atoms with Crippen LogP contribution in [0.2, 0.25) is 0 Å². The lowest BCUT2D eigenvalue weighted by Gasteiger charge is -2.40. The van der Waals surface area contributed by atoms with Gasteiger partial charge in [-0.1, -0.05) is 18.2 Å². The van der Waals surface area contributed by atoms with Crippen molar-refractivity contribution in [1.29, 1.82) is 0 Å². The number of hydrogen-bond donors (Lipinski definition) is 1. The zero-order valence-corrected chi connectivity index (χ0v) is 17.3. The van der Waals surface area contributed by atoms with E-state index in [9.17, 15) is 4.79 Å². The van der Waals surface area contributed by atoms with Crippen LogP contribution in [0.15, 0.2) is 47.6 Å². The molecule has 5 heteroatoms. The van der Waals surface area contributed by atoms with Gasteiger partial charge in [0.15, 0.2) is 0 Å². The molecule has 0 fully saturated rings. The van der Waals surface area contributed by atoms with E-state index < -0.39 is 0 Å². The Morgan fingerprint density at radius 2 is 1.93 bits per heavy atom. The second-order valence-electron chi connectivity index (χ2n) is 7.72. The summed E-state index contributed by atoms with van der Waals surface area (Å²) in [5.41, 5.74) is 8.58. The number of carbonyl (C=O) groups is 1. The summed E-state index contributed by atoms with van der Waals surface area (Å²) in [6.45, 7) is 8.47. The maximum absolute atomic E-state index is 12.4. The van der Waals surface area contributed by atoms with Crippen molar-refractivity contribution in [3.05, 3.63) is 64.7 Å². The van der Waals surface area contributed by atoms with Crippen molar-refractivity contribution < 1.29 is 9.53 Å². The van der Waals surface area contributed by atoms with Gasteiger partial charge in [0.2, 0.25) is 0 Å². The average Bonchev–Trinajstić information content (AvgIpc) is 2.65. The summed E-state index contributed by atoms with van der Waals surface area (Å²) in [7, 11) is 3.65. The van der Waals surface area contributed by atoms with E-state index in [1.165, 1.54) is 16.8 Å². The number of methoxy groups -OCH3 is 1. The monoisotopic (exact) mass is 377 g/mol. The summed E-state index contributed by atoms with van der Waals surface area (Å²) in [6, 6.07) is 11.6. The van der Waals surface area contributed by atoms with Crippen molar-refractivity contribution in [2.24, 2.45) is 5.10 Å². The molecular weight excluding hydrogens is 350 g/mol. The summed E-state index contributed by atoms with van der Waals surface area (Å²) in [4.78, 5) is 14.7. The molecule has 5 nitrogen and oxygen atoms in total. The Kier molecular flexibility index (Phi) is 5.27. The van der Waals surface area contributed by atoms with Crippen LogP contribution in [0.4, 0.5) is 5.69 Å². The predicted octanol–water partition coefficient (Wildman–Crippen LogP) is 4.40. The maximum atomic E-state index is 12.4. The summed E-state index contributed by atoms with van der Waals surface area (Å²) in [5.74, 6) is 0.233. The molecule has 0 aromatic heterocycles. The zero-order chi connectivity index (χ0) is 20.5. The number of ether oxygens (including phenoxy) is 1. The predicted molar refractivity (Wildman–Crippen MR) is 115 cm³/mol. The highest BCUT2D eigenvalue weighted by atomic mass is 16.5. The van der Waals surface area contributed by atoms with Crippen molar-refractivity contribution in [1.82, 2.24) is 5.43 Å². The fourth-order valence-electron chi connectivity index (χ4n) is 3.47. The molecule has 1 heterocycles. The Labute approximate surface area is 166 Å². The van der Waals surface area contributed by atoms with Crippen LogP contribution in [0.5, 0.6) is 5.75 Å². The van der Waals surface area contributed by atoms with Gasteiger partial charge in [0, 0.05) is 18.3 Å².